The van der Waals surface area contributed by atoms with Crippen LogP contribution in [-0.2, 0) is 11.2 Å². The van der Waals surface area contributed by atoms with Crippen LogP contribution in [0.1, 0.15) is 37.0 Å². The van der Waals surface area contributed by atoms with Crippen LogP contribution in [-0.4, -0.2) is 23.4 Å². The Morgan fingerprint density at radius 2 is 2.40 bits per heavy atom. The molecule has 0 N–H and O–H groups in total. The number of likely N-dealkylation sites (tertiary alicyclic amines) is 1. The summed E-state index contributed by atoms with van der Waals surface area (Å²) in [6.45, 7) is 3.01. The smallest absolute Gasteiger partial charge is 0.223 e. The van der Waals surface area contributed by atoms with E-state index in [1.807, 2.05) is 17.0 Å². The minimum atomic E-state index is 0.242. The van der Waals surface area contributed by atoms with Crippen LogP contribution in [0.25, 0.3) is 0 Å². The van der Waals surface area contributed by atoms with Gasteiger partial charge in [0.25, 0.3) is 0 Å². The summed E-state index contributed by atoms with van der Waals surface area (Å²) >= 11 is 1.73. The van der Waals surface area contributed by atoms with Crippen molar-refractivity contribution in [2.45, 2.75) is 38.1 Å². The van der Waals surface area contributed by atoms with E-state index in [2.05, 4.69) is 23.8 Å². The molecule has 4 heteroatoms. The molecule has 106 valence electrons. The normalized spacial score (nSPS) is 22.4. The van der Waals surface area contributed by atoms with Crippen molar-refractivity contribution in [3.05, 3.63) is 46.5 Å². The zero-order chi connectivity index (χ0) is 13.9. The van der Waals surface area contributed by atoms with E-state index in [0.29, 0.717) is 24.8 Å². The van der Waals surface area contributed by atoms with Gasteiger partial charge >= 0.3 is 0 Å². The Morgan fingerprint density at radius 3 is 3.10 bits per heavy atom. The molecular formula is C16H19NO2S. The molecule has 2 atom stereocenters. The summed E-state index contributed by atoms with van der Waals surface area (Å²) in [5, 5.41) is 4.32. The molecule has 0 aromatic carbocycles. The Bertz CT molecular complexity index is 547. The summed E-state index contributed by atoms with van der Waals surface area (Å²) in [4.78, 5) is 14.4. The van der Waals surface area contributed by atoms with E-state index in [1.54, 1.807) is 17.6 Å². The SMILES string of the molecule is C[C@@H]1C[C@H](c2ccsc2)CN1C(=O)CCc1ccco1. The van der Waals surface area contributed by atoms with Gasteiger partial charge in [0.05, 0.1) is 6.26 Å². The van der Waals surface area contributed by atoms with Crippen LogP contribution in [0.5, 0.6) is 0 Å². The molecule has 0 spiro atoms. The average Bonchev–Trinajstić information content (AvgIpc) is 3.17. The fourth-order valence-corrected chi connectivity index (χ4v) is 3.70. The molecular weight excluding hydrogens is 270 g/mol. The molecule has 0 radical (unpaired) electrons. The third kappa shape index (κ3) is 2.80. The van der Waals surface area contributed by atoms with Crippen molar-refractivity contribution in [1.29, 1.82) is 0 Å². The Morgan fingerprint density at radius 1 is 1.50 bits per heavy atom. The second kappa shape index (κ2) is 5.83. The van der Waals surface area contributed by atoms with Gasteiger partial charge in [-0.05, 0) is 47.9 Å². The maximum atomic E-state index is 12.4. The fourth-order valence-electron chi connectivity index (χ4n) is 2.96. The van der Waals surface area contributed by atoms with Gasteiger partial charge in [-0.25, -0.2) is 0 Å². The molecule has 3 rings (SSSR count). The molecule has 2 aromatic heterocycles. The van der Waals surface area contributed by atoms with Gasteiger partial charge in [-0.1, -0.05) is 0 Å². The minimum Gasteiger partial charge on any atom is -0.469 e. The van der Waals surface area contributed by atoms with Crippen LogP contribution >= 0.6 is 11.3 Å². The minimum absolute atomic E-state index is 0.242. The first-order chi connectivity index (χ1) is 9.74. The largest absolute Gasteiger partial charge is 0.469 e. The van der Waals surface area contributed by atoms with Gasteiger partial charge in [0.15, 0.2) is 0 Å². The first-order valence-corrected chi connectivity index (χ1v) is 8.02. The number of aryl methyl sites for hydroxylation is 1. The molecule has 0 aliphatic carbocycles. The van der Waals surface area contributed by atoms with Gasteiger partial charge < -0.3 is 9.32 Å². The third-order valence-corrected chi connectivity index (χ3v) is 4.78. The lowest BCUT2D eigenvalue weighted by molar-refractivity contribution is -0.131. The number of furan rings is 1. The van der Waals surface area contributed by atoms with E-state index in [9.17, 15) is 4.79 Å². The highest BCUT2D eigenvalue weighted by Crippen LogP contribution is 2.33. The highest BCUT2D eigenvalue weighted by atomic mass is 32.1. The van der Waals surface area contributed by atoms with Gasteiger partial charge in [-0.2, -0.15) is 11.3 Å². The number of nitrogens with zero attached hydrogens (tertiary/aromatic N) is 1. The molecule has 0 bridgehead atoms. The fraction of sp³-hybridized carbons (Fsp3) is 0.438. The van der Waals surface area contributed by atoms with Crippen LogP contribution in [0.2, 0.25) is 0 Å². The monoisotopic (exact) mass is 289 g/mol. The summed E-state index contributed by atoms with van der Waals surface area (Å²) in [7, 11) is 0. The molecule has 0 saturated carbocycles. The predicted octanol–water partition coefficient (Wildman–Crippen LogP) is 3.68. The summed E-state index contributed by atoms with van der Waals surface area (Å²) < 4.78 is 5.28. The number of carbonyl (C=O) groups is 1. The second-order valence-electron chi connectivity index (χ2n) is 5.46. The molecule has 0 unspecified atom stereocenters. The van der Waals surface area contributed by atoms with Crippen molar-refractivity contribution in [2.75, 3.05) is 6.54 Å². The lowest BCUT2D eigenvalue weighted by Crippen LogP contribution is -2.34. The molecule has 20 heavy (non-hydrogen) atoms. The van der Waals surface area contributed by atoms with E-state index in [-0.39, 0.29) is 5.91 Å². The van der Waals surface area contributed by atoms with E-state index in [1.165, 1.54) is 5.56 Å². The van der Waals surface area contributed by atoms with Crippen LogP contribution < -0.4 is 0 Å². The molecule has 1 amide bonds. The first kappa shape index (κ1) is 13.4. The molecule has 3 nitrogen and oxygen atoms in total. The molecule has 1 saturated heterocycles. The third-order valence-electron chi connectivity index (χ3n) is 4.08. The van der Waals surface area contributed by atoms with Crippen molar-refractivity contribution >= 4 is 17.2 Å². The Hall–Kier alpha value is -1.55. The second-order valence-corrected chi connectivity index (χ2v) is 6.24. The molecule has 1 aliphatic heterocycles. The van der Waals surface area contributed by atoms with Crippen molar-refractivity contribution in [1.82, 2.24) is 4.90 Å². The Balaban J connectivity index is 1.58. The summed E-state index contributed by atoms with van der Waals surface area (Å²) in [5.74, 6) is 1.63. The number of hydrogen-bond donors (Lipinski definition) is 0. The summed E-state index contributed by atoms with van der Waals surface area (Å²) in [5.41, 5.74) is 1.38. The number of thiophene rings is 1. The van der Waals surface area contributed by atoms with Gasteiger partial charge in [0.1, 0.15) is 5.76 Å². The standard InChI is InChI=1S/C16H19NO2S/c1-12-9-14(13-6-8-20-11-13)10-17(12)16(18)5-4-15-3-2-7-19-15/h2-3,6-8,11-12,14H,4-5,9-10H2,1H3/t12-,14+/m1/s1. The van der Waals surface area contributed by atoms with E-state index < -0.39 is 0 Å². The van der Waals surface area contributed by atoms with Gasteiger partial charge in [-0.3, -0.25) is 4.79 Å². The zero-order valence-corrected chi connectivity index (χ0v) is 12.4. The Kier molecular flexibility index (Phi) is 3.92. The van der Waals surface area contributed by atoms with E-state index in [4.69, 9.17) is 4.42 Å². The van der Waals surface area contributed by atoms with Crippen molar-refractivity contribution < 1.29 is 9.21 Å². The topological polar surface area (TPSA) is 33.5 Å². The highest BCUT2D eigenvalue weighted by Gasteiger charge is 2.32. The highest BCUT2D eigenvalue weighted by molar-refractivity contribution is 7.07. The van der Waals surface area contributed by atoms with Crippen LogP contribution in [0.15, 0.2) is 39.6 Å². The van der Waals surface area contributed by atoms with Crippen molar-refractivity contribution in [3.63, 3.8) is 0 Å². The number of amides is 1. The molecule has 3 heterocycles. The lowest BCUT2D eigenvalue weighted by atomic mass is 10.00. The molecule has 1 aliphatic rings. The summed E-state index contributed by atoms with van der Waals surface area (Å²) in [6, 6.07) is 6.31. The first-order valence-electron chi connectivity index (χ1n) is 7.08. The van der Waals surface area contributed by atoms with E-state index >= 15 is 0 Å². The molecule has 2 aromatic rings. The van der Waals surface area contributed by atoms with E-state index in [0.717, 1.165) is 18.7 Å². The number of rotatable bonds is 4. The number of hydrogen-bond acceptors (Lipinski definition) is 3. The van der Waals surface area contributed by atoms with Gasteiger partial charge in [0, 0.05) is 31.3 Å². The molecule has 1 fully saturated rings. The average molecular weight is 289 g/mol. The van der Waals surface area contributed by atoms with Crippen LogP contribution in [0.4, 0.5) is 0 Å². The lowest BCUT2D eigenvalue weighted by Gasteiger charge is -2.21. The maximum Gasteiger partial charge on any atom is 0.223 e. The quantitative estimate of drug-likeness (QED) is 0.860. The number of carbonyl (C=O) groups excluding carboxylic acids is 1. The van der Waals surface area contributed by atoms with Gasteiger partial charge in [-0.15, -0.1) is 0 Å². The van der Waals surface area contributed by atoms with Crippen molar-refractivity contribution in [2.24, 2.45) is 0 Å². The van der Waals surface area contributed by atoms with Crippen LogP contribution in [0.3, 0.4) is 0 Å². The van der Waals surface area contributed by atoms with Crippen LogP contribution in [0, 0.1) is 0 Å². The van der Waals surface area contributed by atoms with Gasteiger partial charge in [0.2, 0.25) is 5.91 Å². The maximum absolute atomic E-state index is 12.4. The van der Waals surface area contributed by atoms with Crippen molar-refractivity contribution in [3.8, 4) is 0 Å². The summed E-state index contributed by atoms with van der Waals surface area (Å²) in [6.07, 6.45) is 3.96. The predicted molar refractivity (Wildman–Crippen MR) is 79.9 cm³/mol. The Labute approximate surface area is 123 Å². The zero-order valence-electron chi connectivity index (χ0n) is 11.6.